The summed E-state index contributed by atoms with van der Waals surface area (Å²) in [5.74, 6) is -0.462. The predicted molar refractivity (Wildman–Crippen MR) is 179 cm³/mol. The topological polar surface area (TPSA) is 122 Å². The lowest BCUT2D eigenvalue weighted by atomic mass is 9.84. The van der Waals surface area contributed by atoms with Crippen LogP contribution in [0.2, 0.25) is 0 Å². The van der Waals surface area contributed by atoms with Crippen LogP contribution >= 0.6 is 0 Å². The van der Waals surface area contributed by atoms with Gasteiger partial charge in [0, 0.05) is 25.2 Å². The molecule has 0 radical (unpaired) electrons. The molecule has 45 heavy (non-hydrogen) atoms. The summed E-state index contributed by atoms with van der Waals surface area (Å²) in [7, 11) is 1.74. The van der Waals surface area contributed by atoms with E-state index in [1.807, 2.05) is 54.5 Å². The van der Waals surface area contributed by atoms with E-state index < -0.39 is 23.5 Å². The van der Waals surface area contributed by atoms with E-state index >= 15 is 0 Å². The Morgan fingerprint density at radius 3 is 2.04 bits per heavy atom. The van der Waals surface area contributed by atoms with Crippen molar-refractivity contribution in [1.29, 1.82) is 0 Å². The van der Waals surface area contributed by atoms with Crippen molar-refractivity contribution in [3.05, 3.63) is 11.6 Å². The average Bonchev–Trinajstić information content (AvgIpc) is 3.46. The molecule has 2 heterocycles. The van der Waals surface area contributed by atoms with Crippen LogP contribution < -0.4 is 10.6 Å². The second kappa shape index (κ2) is 16.9. The Morgan fingerprint density at radius 2 is 1.51 bits per heavy atom. The Labute approximate surface area is 272 Å². The van der Waals surface area contributed by atoms with Gasteiger partial charge in [0.25, 0.3) is 0 Å². The van der Waals surface area contributed by atoms with E-state index in [1.54, 1.807) is 23.8 Å². The summed E-state index contributed by atoms with van der Waals surface area (Å²) in [5.41, 5.74) is -0.0629. The normalized spacial score (nSPS) is 22.0. The van der Waals surface area contributed by atoms with Crippen molar-refractivity contribution in [1.82, 2.24) is 25.3 Å². The van der Waals surface area contributed by atoms with Gasteiger partial charge in [-0.15, -0.1) is 0 Å². The number of nitrogens with zero attached hydrogens (tertiary/aromatic N) is 3. The summed E-state index contributed by atoms with van der Waals surface area (Å²) in [6, 6.07) is -2.10. The van der Waals surface area contributed by atoms with Crippen molar-refractivity contribution in [3.63, 3.8) is 0 Å². The first-order valence-electron chi connectivity index (χ1n) is 17.1. The molecule has 2 aliphatic heterocycles. The Hall–Kier alpha value is -2.46. The second-order valence-corrected chi connectivity index (χ2v) is 15.4. The number of likely N-dealkylation sites (N-methyl/N-ethyl adjacent to an activating group) is 1. The first-order chi connectivity index (χ1) is 20.9. The number of carbonyl (C=O) groups excluding carboxylic acids is 4. The molecule has 0 aromatic heterocycles. The van der Waals surface area contributed by atoms with Crippen LogP contribution in [0.4, 0.5) is 0 Å². The minimum atomic E-state index is -0.742. The Morgan fingerprint density at radius 1 is 0.911 bits per heavy atom. The smallest absolute Gasteiger partial charge is 0.249 e. The van der Waals surface area contributed by atoms with Crippen molar-refractivity contribution in [3.8, 4) is 0 Å². The first kappa shape index (κ1) is 38.7. The summed E-state index contributed by atoms with van der Waals surface area (Å²) in [4.78, 5) is 60.1. The lowest BCUT2D eigenvalue weighted by Crippen LogP contribution is -2.60. The van der Waals surface area contributed by atoms with Crippen molar-refractivity contribution in [2.24, 2.45) is 17.3 Å². The molecule has 4 amide bonds. The van der Waals surface area contributed by atoms with Crippen molar-refractivity contribution in [2.75, 3.05) is 26.7 Å². The molecule has 3 N–H and O–H groups in total. The highest BCUT2D eigenvalue weighted by atomic mass is 16.3. The SMILES string of the molecule is C/C(=C\[C@H](C(C)C)N(C)C(=O)C(NC(=O)[C@H]1CCCCN1C(C)C)C(C)(C)C)C(=O)N1CCCC1C(=O)NC(CO)CC(C)C. The van der Waals surface area contributed by atoms with E-state index in [0.717, 1.165) is 32.2 Å². The number of rotatable bonds is 13. The van der Waals surface area contributed by atoms with E-state index in [-0.39, 0.29) is 54.3 Å². The van der Waals surface area contributed by atoms with Crippen LogP contribution in [0.1, 0.15) is 108 Å². The third kappa shape index (κ3) is 10.5. The first-order valence-corrected chi connectivity index (χ1v) is 17.1. The molecule has 5 atom stereocenters. The zero-order valence-corrected chi connectivity index (χ0v) is 30.0. The van der Waals surface area contributed by atoms with Crippen LogP contribution in [0.5, 0.6) is 0 Å². The van der Waals surface area contributed by atoms with Gasteiger partial charge in [0.2, 0.25) is 23.6 Å². The maximum Gasteiger partial charge on any atom is 0.249 e. The third-order valence-electron chi connectivity index (χ3n) is 9.28. The molecule has 0 aromatic rings. The van der Waals surface area contributed by atoms with E-state index in [2.05, 4.69) is 29.4 Å². The van der Waals surface area contributed by atoms with Gasteiger partial charge in [0.05, 0.1) is 24.7 Å². The highest BCUT2D eigenvalue weighted by Crippen LogP contribution is 2.27. The number of aliphatic hydroxyl groups excluding tert-OH is 1. The van der Waals surface area contributed by atoms with E-state index in [0.29, 0.717) is 30.9 Å². The number of nitrogens with one attached hydrogen (secondary N) is 2. The monoisotopic (exact) mass is 633 g/mol. The quantitative estimate of drug-likeness (QED) is 0.266. The molecule has 0 saturated carbocycles. The second-order valence-electron chi connectivity index (χ2n) is 15.4. The Balaban J connectivity index is 2.25. The fourth-order valence-corrected chi connectivity index (χ4v) is 6.72. The summed E-state index contributed by atoms with van der Waals surface area (Å²) < 4.78 is 0. The number of carbonyl (C=O) groups is 4. The molecule has 2 saturated heterocycles. The fourth-order valence-electron chi connectivity index (χ4n) is 6.72. The minimum Gasteiger partial charge on any atom is -0.394 e. The third-order valence-corrected chi connectivity index (χ3v) is 9.28. The molecule has 0 aromatic carbocycles. The van der Waals surface area contributed by atoms with E-state index in [4.69, 9.17) is 0 Å². The number of aliphatic hydroxyl groups is 1. The van der Waals surface area contributed by atoms with Gasteiger partial charge < -0.3 is 25.5 Å². The van der Waals surface area contributed by atoms with Crippen molar-refractivity contribution >= 4 is 23.6 Å². The highest BCUT2D eigenvalue weighted by Gasteiger charge is 2.40. The van der Waals surface area contributed by atoms with E-state index in [9.17, 15) is 24.3 Å². The number of amides is 4. The van der Waals surface area contributed by atoms with Crippen molar-refractivity contribution < 1.29 is 24.3 Å². The molecule has 2 fully saturated rings. The molecule has 2 rings (SSSR count). The van der Waals surface area contributed by atoms with Crippen LogP contribution in [-0.4, -0.2) is 106 Å². The summed E-state index contributed by atoms with van der Waals surface area (Å²) >= 11 is 0. The summed E-state index contributed by atoms with van der Waals surface area (Å²) in [5, 5.41) is 15.8. The van der Waals surface area contributed by atoms with Crippen molar-refractivity contribution in [2.45, 2.75) is 144 Å². The molecule has 3 unspecified atom stereocenters. The van der Waals surface area contributed by atoms with Gasteiger partial charge in [0.1, 0.15) is 12.1 Å². The Bertz CT molecular complexity index is 1050. The maximum absolute atomic E-state index is 14.1. The number of piperidine rings is 1. The van der Waals surface area contributed by atoms with E-state index in [1.165, 1.54) is 0 Å². The molecule has 0 spiro atoms. The predicted octanol–water partition coefficient (Wildman–Crippen LogP) is 3.72. The van der Waals surface area contributed by atoms with Crippen LogP contribution in [0.3, 0.4) is 0 Å². The summed E-state index contributed by atoms with van der Waals surface area (Å²) in [6.07, 6.45) is 6.61. The van der Waals surface area contributed by atoms with Gasteiger partial charge in [-0.2, -0.15) is 0 Å². The maximum atomic E-state index is 14.1. The molecule has 10 nitrogen and oxygen atoms in total. The highest BCUT2D eigenvalue weighted by molar-refractivity contribution is 5.97. The molecule has 0 aliphatic carbocycles. The van der Waals surface area contributed by atoms with Gasteiger partial charge in [-0.1, -0.05) is 61.0 Å². The van der Waals surface area contributed by atoms with Crippen LogP contribution in [-0.2, 0) is 19.2 Å². The van der Waals surface area contributed by atoms with Gasteiger partial charge in [-0.3, -0.25) is 24.1 Å². The number of likely N-dealkylation sites (tertiary alicyclic amines) is 2. The van der Waals surface area contributed by atoms with Gasteiger partial charge in [-0.25, -0.2) is 0 Å². The largest absolute Gasteiger partial charge is 0.394 e. The number of hydrogen-bond donors (Lipinski definition) is 3. The molecule has 0 bridgehead atoms. The van der Waals surface area contributed by atoms with Gasteiger partial charge in [0.15, 0.2) is 0 Å². The molecular weight excluding hydrogens is 570 g/mol. The summed E-state index contributed by atoms with van der Waals surface area (Å²) in [6.45, 7) is 21.1. The zero-order chi connectivity index (χ0) is 34.2. The van der Waals surface area contributed by atoms with Gasteiger partial charge >= 0.3 is 0 Å². The molecule has 258 valence electrons. The fraction of sp³-hybridized carbons (Fsp3) is 0.829. The Kier molecular flexibility index (Phi) is 14.6. The van der Waals surface area contributed by atoms with Crippen LogP contribution in [0.25, 0.3) is 0 Å². The average molecular weight is 634 g/mol. The van der Waals surface area contributed by atoms with Crippen LogP contribution in [0.15, 0.2) is 11.6 Å². The van der Waals surface area contributed by atoms with Gasteiger partial charge in [-0.05, 0) is 76.7 Å². The molecular formula is C35H63N5O5. The lowest BCUT2D eigenvalue weighted by molar-refractivity contribution is -0.142. The lowest BCUT2D eigenvalue weighted by Gasteiger charge is -2.41. The van der Waals surface area contributed by atoms with Crippen LogP contribution in [0, 0.1) is 17.3 Å². The standard InChI is InChI=1S/C35H63N5O5/c1-22(2)19-26(21-41)36-31(42)28-16-14-18-40(28)33(44)25(7)20-29(23(3)4)38(11)34(45)30(35(8,9)10)37-32(43)27-15-12-13-17-39(27)24(5)6/h20,22-24,26-30,41H,12-19,21H2,1-11H3,(H,36,42)(H,37,43)/b25-20+/t26?,27-,28?,29-,30?/m1/s1. The minimum absolute atomic E-state index is 0.00758. The number of hydrogen-bond acceptors (Lipinski definition) is 6. The zero-order valence-electron chi connectivity index (χ0n) is 30.0. The molecule has 2 aliphatic rings. The molecule has 10 heteroatoms.